The van der Waals surface area contributed by atoms with Crippen molar-refractivity contribution in [1.82, 2.24) is 0 Å². The Morgan fingerprint density at radius 1 is 0.667 bits per heavy atom. The van der Waals surface area contributed by atoms with Crippen LogP contribution in [0.2, 0.25) is 0 Å². The van der Waals surface area contributed by atoms with Gasteiger partial charge in [0.15, 0.2) is 0 Å². The van der Waals surface area contributed by atoms with E-state index in [0.717, 1.165) is 56.1 Å². The van der Waals surface area contributed by atoms with Gasteiger partial charge in [0, 0.05) is 0 Å². The molecule has 0 aliphatic rings. The first-order valence-corrected chi connectivity index (χ1v) is 10.8. The fraction of sp³-hybridized carbons (Fsp3) is 0.520. The third kappa shape index (κ3) is 4.80. The molecule has 0 aromatic heterocycles. The van der Waals surface area contributed by atoms with Gasteiger partial charge < -0.3 is 11.5 Å². The normalized spacial score (nSPS) is 11.8. The van der Waals surface area contributed by atoms with E-state index < -0.39 is 5.66 Å². The molecule has 0 aliphatic carbocycles. The lowest BCUT2D eigenvalue weighted by Gasteiger charge is -2.32. The van der Waals surface area contributed by atoms with Gasteiger partial charge in [0.25, 0.3) is 0 Å². The minimum absolute atomic E-state index is 0.957. The van der Waals surface area contributed by atoms with Crippen LogP contribution in [0.4, 0.5) is 0 Å². The third-order valence-electron chi connectivity index (χ3n) is 5.48. The van der Waals surface area contributed by atoms with Crippen LogP contribution in [-0.4, -0.2) is 0 Å². The number of nitrogens with two attached hydrogens (primary N) is 2. The van der Waals surface area contributed by atoms with Crippen molar-refractivity contribution in [2.24, 2.45) is 11.5 Å². The lowest BCUT2D eigenvalue weighted by molar-refractivity contribution is 0.556. The van der Waals surface area contributed by atoms with Gasteiger partial charge in [0.1, 0.15) is 5.66 Å². The zero-order valence-corrected chi connectivity index (χ0v) is 17.8. The van der Waals surface area contributed by atoms with Crippen LogP contribution in [0.3, 0.4) is 0 Å². The van der Waals surface area contributed by atoms with Crippen LogP contribution in [0, 0.1) is 0 Å². The minimum atomic E-state index is -0.957. The maximum absolute atomic E-state index is 6.82. The molecular weight excluding hydrogens is 328 g/mol. The molecule has 0 fully saturated rings. The minimum Gasteiger partial charge on any atom is -0.306 e. The smallest absolute Gasteiger partial charge is 0.117 e. The molecule has 0 heterocycles. The molecule has 0 saturated heterocycles. The second-order valence-corrected chi connectivity index (χ2v) is 7.75. The Bertz CT molecular complexity index is 717. The summed E-state index contributed by atoms with van der Waals surface area (Å²) in [6.07, 6.45) is 8.96. The Morgan fingerprint density at radius 3 is 1.74 bits per heavy atom. The monoisotopic (exact) mass is 366 g/mol. The van der Waals surface area contributed by atoms with E-state index in [2.05, 4.69) is 45.9 Å². The molecule has 148 valence electrons. The van der Waals surface area contributed by atoms with E-state index in [9.17, 15) is 0 Å². The van der Waals surface area contributed by atoms with Gasteiger partial charge in [-0.25, -0.2) is 0 Å². The standard InChI is InChI=1S/C25H38N2/c1-5-12-19-18-24(25(26,27)20-16-10-9-11-17-20)23(15-8-4)22(14-7-3)21(19)13-6-2/h9-11,16-18H,5-8,12-15,26-27H2,1-4H3. The predicted octanol–water partition coefficient (Wildman–Crippen LogP) is 5.62. The van der Waals surface area contributed by atoms with E-state index >= 15 is 0 Å². The zero-order chi connectivity index (χ0) is 19.9. The zero-order valence-electron chi connectivity index (χ0n) is 17.8. The predicted molar refractivity (Wildman–Crippen MR) is 118 cm³/mol. The molecule has 27 heavy (non-hydrogen) atoms. The van der Waals surface area contributed by atoms with E-state index in [1.165, 1.54) is 23.1 Å². The van der Waals surface area contributed by atoms with E-state index in [1.54, 1.807) is 5.56 Å². The van der Waals surface area contributed by atoms with Crippen LogP contribution in [0.1, 0.15) is 86.8 Å². The average Bonchev–Trinajstić information content (AvgIpc) is 2.67. The Kier molecular flexibility index (Phi) is 8.07. The summed E-state index contributed by atoms with van der Waals surface area (Å²) in [5.41, 5.74) is 20.7. The molecule has 2 aromatic carbocycles. The van der Waals surface area contributed by atoms with Gasteiger partial charge >= 0.3 is 0 Å². The molecule has 2 nitrogen and oxygen atoms in total. The van der Waals surface area contributed by atoms with E-state index in [1.807, 2.05) is 18.2 Å². The van der Waals surface area contributed by atoms with E-state index in [4.69, 9.17) is 11.5 Å². The topological polar surface area (TPSA) is 52.0 Å². The number of rotatable bonds is 10. The summed E-state index contributed by atoms with van der Waals surface area (Å²) in [5.74, 6) is 0. The Morgan fingerprint density at radius 2 is 1.19 bits per heavy atom. The molecular formula is C25H38N2. The molecule has 4 N–H and O–H groups in total. The van der Waals surface area contributed by atoms with Gasteiger partial charge in [0.05, 0.1) is 0 Å². The first-order chi connectivity index (χ1) is 13.0. The molecule has 0 aliphatic heterocycles. The maximum Gasteiger partial charge on any atom is 0.117 e. The molecule has 0 spiro atoms. The molecule has 0 radical (unpaired) electrons. The van der Waals surface area contributed by atoms with Gasteiger partial charge in [0.2, 0.25) is 0 Å². The first kappa shape index (κ1) is 21.7. The van der Waals surface area contributed by atoms with Crippen LogP contribution in [-0.2, 0) is 31.3 Å². The summed E-state index contributed by atoms with van der Waals surface area (Å²) in [6, 6.07) is 12.5. The van der Waals surface area contributed by atoms with Crippen molar-refractivity contribution in [3.8, 4) is 0 Å². The summed E-state index contributed by atoms with van der Waals surface area (Å²) in [5, 5.41) is 0. The number of hydrogen-bond acceptors (Lipinski definition) is 2. The van der Waals surface area contributed by atoms with Gasteiger partial charge in [-0.1, -0.05) is 89.8 Å². The summed E-state index contributed by atoms with van der Waals surface area (Å²) < 4.78 is 0. The molecule has 2 rings (SSSR count). The largest absolute Gasteiger partial charge is 0.306 e. The van der Waals surface area contributed by atoms with Crippen LogP contribution in [0.15, 0.2) is 36.4 Å². The van der Waals surface area contributed by atoms with E-state index in [-0.39, 0.29) is 0 Å². The first-order valence-electron chi connectivity index (χ1n) is 10.8. The van der Waals surface area contributed by atoms with Crippen molar-refractivity contribution in [2.75, 3.05) is 0 Å². The molecule has 2 aromatic rings. The summed E-state index contributed by atoms with van der Waals surface area (Å²) in [4.78, 5) is 0. The highest BCUT2D eigenvalue weighted by Gasteiger charge is 2.30. The van der Waals surface area contributed by atoms with Gasteiger partial charge in [-0.3, -0.25) is 0 Å². The van der Waals surface area contributed by atoms with Crippen LogP contribution < -0.4 is 11.5 Å². The fourth-order valence-electron chi connectivity index (χ4n) is 4.27. The third-order valence-corrected chi connectivity index (χ3v) is 5.48. The Labute approximate surface area is 166 Å². The molecule has 0 bridgehead atoms. The highest BCUT2D eigenvalue weighted by Crippen LogP contribution is 2.34. The molecule has 0 unspecified atom stereocenters. The van der Waals surface area contributed by atoms with Gasteiger partial charge in [-0.2, -0.15) is 0 Å². The summed E-state index contributed by atoms with van der Waals surface area (Å²) in [7, 11) is 0. The molecule has 0 saturated carbocycles. The van der Waals surface area contributed by atoms with Crippen molar-refractivity contribution in [1.29, 1.82) is 0 Å². The van der Waals surface area contributed by atoms with Crippen LogP contribution in [0.25, 0.3) is 0 Å². The number of hydrogen-bond donors (Lipinski definition) is 2. The molecule has 0 amide bonds. The average molecular weight is 367 g/mol. The van der Waals surface area contributed by atoms with E-state index in [0.29, 0.717) is 0 Å². The van der Waals surface area contributed by atoms with Crippen molar-refractivity contribution in [2.45, 2.75) is 84.7 Å². The van der Waals surface area contributed by atoms with Crippen molar-refractivity contribution < 1.29 is 0 Å². The van der Waals surface area contributed by atoms with Crippen molar-refractivity contribution >= 4 is 0 Å². The Hall–Kier alpha value is -1.64. The molecule has 0 atom stereocenters. The van der Waals surface area contributed by atoms with Crippen molar-refractivity contribution in [3.05, 3.63) is 69.8 Å². The summed E-state index contributed by atoms with van der Waals surface area (Å²) >= 11 is 0. The SMILES string of the molecule is CCCc1cc(C(N)(N)c2ccccc2)c(CCC)c(CCC)c1CCC. The lowest BCUT2D eigenvalue weighted by Crippen LogP contribution is -2.48. The maximum atomic E-state index is 6.82. The van der Waals surface area contributed by atoms with Crippen LogP contribution in [0.5, 0.6) is 0 Å². The second-order valence-electron chi connectivity index (χ2n) is 7.75. The van der Waals surface area contributed by atoms with Crippen LogP contribution >= 0.6 is 0 Å². The Balaban J connectivity index is 2.78. The number of aryl methyl sites for hydroxylation is 1. The second kappa shape index (κ2) is 10.1. The number of benzene rings is 2. The summed E-state index contributed by atoms with van der Waals surface area (Å²) in [6.45, 7) is 9.05. The van der Waals surface area contributed by atoms with Gasteiger partial charge in [-0.15, -0.1) is 0 Å². The highest BCUT2D eigenvalue weighted by atomic mass is 15.0. The molecule has 2 heteroatoms. The van der Waals surface area contributed by atoms with Gasteiger partial charge in [-0.05, 0) is 59.1 Å². The van der Waals surface area contributed by atoms with Crippen molar-refractivity contribution in [3.63, 3.8) is 0 Å². The fourth-order valence-corrected chi connectivity index (χ4v) is 4.27. The highest BCUT2D eigenvalue weighted by molar-refractivity contribution is 5.52. The lowest BCUT2D eigenvalue weighted by atomic mass is 9.79. The quantitative estimate of drug-likeness (QED) is 0.537.